The van der Waals surface area contributed by atoms with Gasteiger partial charge in [-0.3, -0.25) is 0 Å². The summed E-state index contributed by atoms with van der Waals surface area (Å²) in [5.74, 6) is 0. The highest BCUT2D eigenvalue weighted by molar-refractivity contribution is 7.69. The Bertz CT molecular complexity index is 610. The summed E-state index contributed by atoms with van der Waals surface area (Å²) in [7, 11) is 3.24. The normalized spacial score (nSPS) is 9.88. The standard InChI is InChI=1S/C12H9N2S2.ClH/c1-2-4-9(5-3-1)13-10-6-7-12-11(8-10)14-16-15-12;/h1-8,13H;1H/q+1;/p-1. The molecule has 0 saturated carbocycles. The molecule has 0 aliphatic heterocycles. The second-order valence-corrected chi connectivity index (χ2v) is 5.31. The molecular formula is C12H9ClN2S2. The Balaban J connectivity index is 0.00000108. The third-order valence-electron chi connectivity index (χ3n) is 2.28. The van der Waals surface area contributed by atoms with E-state index in [4.69, 9.17) is 0 Å². The number of rotatable bonds is 2. The van der Waals surface area contributed by atoms with E-state index >= 15 is 0 Å². The van der Waals surface area contributed by atoms with Gasteiger partial charge in [0, 0.05) is 17.4 Å². The van der Waals surface area contributed by atoms with Crippen LogP contribution in [-0.2, 0) is 0 Å². The van der Waals surface area contributed by atoms with E-state index in [2.05, 4.69) is 27.9 Å². The molecule has 1 aromatic heterocycles. The lowest BCUT2D eigenvalue weighted by atomic mass is 10.2. The molecular weight excluding hydrogens is 272 g/mol. The lowest BCUT2D eigenvalue weighted by Gasteiger charge is -2.04. The first-order chi connectivity index (χ1) is 7.92. The highest BCUT2D eigenvalue weighted by Crippen LogP contribution is 2.26. The first-order valence-corrected chi connectivity index (χ1v) is 7.03. The molecule has 86 valence electrons. The topological polar surface area (TPSA) is 24.9 Å². The van der Waals surface area contributed by atoms with E-state index in [-0.39, 0.29) is 12.4 Å². The van der Waals surface area contributed by atoms with Gasteiger partial charge in [-0.2, -0.15) is 0 Å². The second-order valence-electron chi connectivity index (χ2n) is 3.42. The Kier molecular flexibility index (Phi) is 3.89. The van der Waals surface area contributed by atoms with Crippen LogP contribution in [0.4, 0.5) is 11.4 Å². The number of nitrogens with one attached hydrogen (secondary N) is 1. The van der Waals surface area contributed by atoms with Gasteiger partial charge in [0.05, 0.1) is 0 Å². The first kappa shape index (κ1) is 12.2. The predicted molar refractivity (Wildman–Crippen MR) is 71.6 cm³/mol. The zero-order chi connectivity index (χ0) is 10.8. The summed E-state index contributed by atoms with van der Waals surface area (Å²) in [6, 6.07) is 16.4. The van der Waals surface area contributed by atoms with Crippen molar-refractivity contribution in [3.05, 3.63) is 48.5 Å². The van der Waals surface area contributed by atoms with Gasteiger partial charge in [-0.25, -0.2) is 0 Å². The molecule has 3 aromatic rings. The van der Waals surface area contributed by atoms with Crippen LogP contribution in [0.2, 0.25) is 0 Å². The van der Waals surface area contributed by atoms with Gasteiger partial charge < -0.3 is 17.7 Å². The molecule has 0 spiro atoms. The number of hydrogen-bond acceptors (Lipinski definition) is 3. The number of benzene rings is 2. The minimum absolute atomic E-state index is 0. The molecule has 5 heteroatoms. The van der Waals surface area contributed by atoms with Crippen molar-refractivity contribution in [2.24, 2.45) is 0 Å². The van der Waals surface area contributed by atoms with Crippen LogP contribution < -0.4 is 17.7 Å². The fraction of sp³-hybridized carbons (Fsp3) is 0. The highest BCUT2D eigenvalue weighted by Gasteiger charge is 2.09. The van der Waals surface area contributed by atoms with Crippen LogP contribution in [0.1, 0.15) is 0 Å². The van der Waals surface area contributed by atoms with Crippen molar-refractivity contribution in [2.75, 3.05) is 5.32 Å². The maximum atomic E-state index is 4.34. The van der Waals surface area contributed by atoms with Crippen molar-refractivity contribution in [3.8, 4) is 0 Å². The largest absolute Gasteiger partial charge is 1.00 e. The molecule has 2 nitrogen and oxygen atoms in total. The van der Waals surface area contributed by atoms with Gasteiger partial charge in [0.15, 0.2) is 0 Å². The van der Waals surface area contributed by atoms with Crippen LogP contribution in [0.25, 0.3) is 10.2 Å². The molecule has 0 fully saturated rings. The quantitative estimate of drug-likeness (QED) is 0.567. The van der Waals surface area contributed by atoms with Gasteiger partial charge in [-0.1, -0.05) is 18.2 Å². The van der Waals surface area contributed by atoms with Crippen LogP contribution in [0, 0.1) is 0 Å². The number of fused-ring (bicyclic) bond motifs is 1. The summed E-state index contributed by atoms with van der Waals surface area (Å²) >= 11 is 0. The highest BCUT2D eigenvalue weighted by atomic mass is 35.5. The molecule has 1 N–H and O–H groups in total. The summed E-state index contributed by atoms with van der Waals surface area (Å²) in [6.45, 7) is 0. The van der Waals surface area contributed by atoms with Gasteiger partial charge in [0.25, 0.3) is 15.2 Å². The number of aromatic nitrogens is 1. The minimum atomic E-state index is 0. The fourth-order valence-corrected chi connectivity index (χ4v) is 3.26. The molecule has 0 amide bonds. The average Bonchev–Trinajstić information content (AvgIpc) is 2.77. The van der Waals surface area contributed by atoms with Gasteiger partial charge in [-0.15, -0.1) is 4.37 Å². The number of para-hydroxylation sites is 1. The zero-order valence-electron chi connectivity index (χ0n) is 8.76. The Morgan fingerprint density at radius 1 is 1.00 bits per heavy atom. The lowest BCUT2D eigenvalue weighted by Crippen LogP contribution is -3.00. The summed E-state index contributed by atoms with van der Waals surface area (Å²) in [4.78, 5) is 0. The molecule has 0 bridgehead atoms. The van der Waals surface area contributed by atoms with E-state index in [1.54, 1.807) is 10.3 Å². The summed E-state index contributed by atoms with van der Waals surface area (Å²) in [5, 5.41) is 3.36. The lowest BCUT2D eigenvalue weighted by molar-refractivity contribution is -0.00000301. The van der Waals surface area contributed by atoms with Gasteiger partial charge in [0.1, 0.15) is 5.52 Å². The molecule has 0 saturated heterocycles. The van der Waals surface area contributed by atoms with Crippen molar-refractivity contribution >= 4 is 42.5 Å². The average molecular weight is 281 g/mol. The van der Waals surface area contributed by atoms with Crippen molar-refractivity contribution < 1.29 is 12.4 Å². The molecule has 1 heterocycles. The SMILES string of the molecule is [Cl-].c1ccc(Nc2ccc3[s+]snc3c2)cc1. The van der Waals surface area contributed by atoms with E-state index in [0.717, 1.165) is 16.9 Å². The maximum Gasteiger partial charge on any atom is 0.323 e. The molecule has 2 aromatic carbocycles. The Morgan fingerprint density at radius 3 is 2.65 bits per heavy atom. The van der Waals surface area contributed by atoms with E-state index in [1.807, 2.05) is 30.3 Å². The van der Waals surface area contributed by atoms with Crippen molar-refractivity contribution in [2.45, 2.75) is 0 Å². The molecule has 0 radical (unpaired) electrons. The molecule has 3 rings (SSSR count). The number of nitrogens with zero attached hydrogens (tertiary/aromatic N) is 1. The summed E-state index contributed by atoms with van der Waals surface area (Å²) in [5.41, 5.74) is 3.24. The van der Waals surface area contributed by atoms with Crippen LogP contribution in [0.5, 0.6) is 0 Å². The first-order valence-electron chi connectivity index (χ1n) is 4.93. The van der Waals surface area contributed by atoms with E-state index in [0.29, 0.717) is 0 Å². The van der Waals surface area contributed by atoms with Crippen molar-refractivity contribution in [3.63, 3.8) is 0 Å². The van der Waals surface area contributed by atoms with Crippen LogP contribution in [-0.4, -0.2) is 4.37 Å². The monoisotopic (exact) mass is 280 g/mol. The smallest absolute Gasteiger partial charge is 0.323 e. The van der Waals surface area contributed by atoms with Gasteiger partial charge >= 0.3 is 10.3 Å². The number of hydrogen-bond donors (Lipinski definition) is 1. The van der Waals surface area contributed by atoms with Gasteiger partial charge in [-0.05, 0) is 24.3 Å². The molecule has 17 heavy (non-hydrogen) atoms. The second kappa shape index (κ2) is 5.40. The molecule has 0 aliphatic rings. The molecule has 0 unspecified atom stereocenters. The third-order valence-corrected chi connectivity index (χ3v) is 4.14. The Morgan fingerprint density at radius 2 is 1.82 bits per heavy atom. The van der Waals surface area contributed by atoms with Crippen LogP contribution in [0.15, 0.2) is 48.5 Å². The maximum absolute atomic E-state index is 4.34. The number of halogens is 1. The molecule has 0 aliphatic carbocycles. The van der Waals surface area contributed by atoms with Crippen LogP contribution in [0.3, 0.4) is 0 Å². The van der Waals surface area contributed by atoms with E-state index < -0.39 is 0 Å². The third kappa shape index (κ3) is 2.72. The van der Waals surface area contributed by atoms with E-state index in [1.165, 1.54) is 15.2 Å². The Hall–Kier alpha value is -1.23. The molecule has 0 atom stereocenters. The Labute approximate surface area is 113 Å². The van der Waals surface area contributed by atoms with Gasteiger partial charge in [0.2, 0.25) is 0 Å². The van der Waals surface area contributed by atoms with Crippen molar-refractivity contribution in [1.29, 1.82) is 0 Å². The summed E-state index contributed by atoms with van der Waals surface area (Å²) in [6.07, 6.45) is 0. The fourth-order valence-electron chi connectivity index (χ4n) is 1.52. The van der Waals surface area contributed by atoms with Crippen molar-refractivity contribution in [1.82, 2.24) is 4.37 Å². The van der Waals surface area contributed by atoms with E-state index in [9.17, 15) is 0 Å². The number of anilines is 2. The predicted octanol–water partition coefficient (Wildman–Crippen LogP) is 1.39. The minimum Gasteiger partial charge on any atom is -1.00 e. The zero-order valence-corrected chi connectivity index (χ0v) is 11.1. The summed E-state index contributed by atoms with van der Waals surface area (Å²) < 4.78 is 5.58. The van der Waals surface area contributed by atoms with Crippen LogP contribution >= 0.6 is 20.9 Å².